The molecule has 2 rings (SSSR count). The Balaban J connectivity index is 2.07. The average molecular weight is 325 g/mol. The third-order valence-corrected chi connectivity index (χ3v) is 4.21. The Kier molecular flexibility index (Phi) is 4.49. The maximum atomic E-state index is 5.55. The lowest BCUT2D eigenvalue weighted by Gasteiger charge is -2.07. The van der Waals surface area contributed by atoms with Gasteiger partial charge in [-0.3, -0.25) is 0 Å². The zero-order chi connectivity index (χ0) is 13.0. The van der Waals surface area contributed by atoms with Crippen molar-refractivity contribution in [2.75, 3.05) is 12.8 Å². The van der Waals surface area contributed by atoms with Crippen LogP contribution in [0.3, 0.4) is 0 Å². The highest BCUT2D eigenvalue weighted by Crippen LogP contribution is 2.29. The van der Waals surface area contributed by atoms with E-state index in [0.29, 0.717) is 5.82 Å². The van der Waals surface area contributed by atoms with Crippen LogP contribution < -0.4 is 10.5 Å². The van der Waals surface area contributed by atoms with E-state index in [1.807, 2.05) is 30.3 Å². The van der Waals surface area contributed by atoms with Crippen LogP contribution in [0.2, 0.25) is 0 Å². The van der Waals surface area contributed by atoms with Crippen molar-refractivity contribution in [2.45, 2.75) is 10.6 Å². The Hall–Kier alpha value is -1.20. The predicted octanol–water partition coefficient (Wildman–Crippen LogP) is 3.73. The molecule has 0 fully saturated rings. The lowest BCUT2D eigenvalue weighted by molar-refractivity contribution is 0.414. The van der Waals surface area contributed by atoms with Crippen LogP contribution in [0.15, 0.2) is 45.9 Å². The zero-order valence-corrected chi connectivity index (χ0v) is 12.3. The van der Waals surface area contributed by atoms with Crippen LogP contribution in [0, 0.1) is 0 Å². The Bertz CT molecular complexity index is 531. The first-order chi connectivity index (χ1) is 8.69. The van der Waals surface area contributed by atoms with E-state index >= 15 is 0 Å². The van der Waals surface area contributed by atoms with E-state index in [9.17, 15) is 0 Å². The second-order valence-electron chi connectivity index (χ2n) is 3.66. The highest BCUT2D eigenvalue weighted by Gasteiger charge is 2.03. The molecule has 0 amide bonds. The molecule has 0 saturated carbocycles. The van der Waals surface area contributed by atoms with Gasteiger partial charge in [0, 0.05) is 21.3 Å². The summed E-state index contributed by atoms with van der Waals surface area (Å²) in [5.74, 6) is 2.26. The topological polar surface area (TPSA) is 48.1 Å². The molecule has 0 aliphatic heterocycles. The molecular weight excluding hydrogens is 312 g/mol. The molecule has 0 unspecified atom stereocenters. The molecule has 0 bridgehead atoms. The molecule has 0 aliphatic carbocycles. The van der Waals surface area contributed by atoms with Gasteiger partial charge in [0.25, 0.3) is 0 Å². The molecule has 0 aliphatic rings. The van der Waals surface area contributed by atoms with E-state index in [4.69, 9.17) is 10.5 Å². The molecule has 1 aromatic carbocycles. The summed E-state index contributed by atoms with van der Waals surface area (Å²) < 4.78 is 6.30. The highest BCUT2D eigenvalue weighted by atomic mass is 79.9. The SMILES string of the molecule is COc1ccc(Br)c(CSc2ccc(N)nc2)c1. The summed E-state index contributed by atoms with van der Waals surface area (Å²) >= 11 is 5.25. The fourth-order valence-electron chi connectivity index (χ4n) is 1.43. The number of nitrogen functional groups attached to an aromatic ring is 1. The van der Waals surface area contributed by atoms with Gasteiger partial charge >= 0.3 is 0 Å². The summed E-state index contributed by atoms with van der Waals surface area (Å²) in [5, 5.41) is 0. The second kappa shape index (κ2) is 6.11. The predicted molar refractivity (Wildman–Crippen MR) is 78.9 cm³/mol. The number of methoxy groups -OCH3 is 1. The van der Waals surface area contributed by atoms with Crippen molar-refractivity contribution in [3.8, 4) is 5.75 Å². The molecule has 1 heterocycles. The standard InChI is InChI=1S/C13H13BrN2OS/c1-17-10-2-4-12(14)9(6-10)8-18-11-3-5-13(15)16-7-11/h2-7H,8H2,1H3,(H2,15,16). The van der Waals surface area contributed by atoms with Crippen LogP contribution in [0.4, 0.5) is 5.82 Å². The summed E-state index contributed by atoms with van der Waals surface area (Å²) in [5.41, 5.74) is 6.74. The molecule has 5 heteroatoms. The molecule has 2 aromatic rings. The zero-order valence-electron chi connectivity index (χ0n) is 9.89. The van der Waals surface area contributed by atoms with Gasteiger partial charge < -0.3 is 10.5 Å². The van der Waals surface area contributed by atoms with Crippen LogP contribution in [-0.2, 0) is 5.75 Å². The number of ether oxygens (including phenoxy) is 1. The molecule has 0 spiro atoms. The molecule has 1 aromatic heterocycles. The third kappa shape index (κ3) is 3.40. The van der Waals surface area contributed by atoms with E-state index in [1.54, 1.807) is 25.1 Å². The first kappa shape index (κ1) is 13.2. The fraction of sp³-hybridized carbons (Fsp3) is 0.154. The number of thioether (sulfide) groups is 1. The summed E-state index contributed by atoms with van der Waals surface area (Å²) in [6.45, 7) is 0. The van der Waals surface area contributed by atoms with Crippen molar-refractivity contribution in [3.05, 3.63) is 46.6 Å². The number of benzene rings is 1. The number of hydrogen-bond acceptors (Lipinski definition) is 4. The summed E-state index contributed by atoms with van der Waals surface area (Å²) in [6.07, 6.45) is 1.79. The Labute approximate surface area is 119 Å². The van der Waals surface area contributed by atoms with Gasteiger partial charge in [0.1, 0.15) is 11.6 Å². The fourth-order valence-corrected chi connectivity index (χ4v) is 2.85. The van der Waals surface area contributed by atoms with Crippen molar-refractivity contribution in [1.29, 1.82) is 0 Å². The van der Waals surface area contributed by atoms with E-state index in [-0.39, 0.29) is 0 Å². The van der Waals surface area contributed by atoms with E-state index in [0.717, 1.165) is 20.9 Å². The van der Waals surface area contributed by atoms with Crippen LogP contribution in [0.1, 0.15) is 5.56 Å². The van der Waals surface area contributed by atoms with Crippen LogP contribution in [-0.4, -0.2) is 12.1 Å². The van der Waals surface area contributed by atoms with Gasteiger partial charge in [-0.2, -0.15) is 0 Å². The van der Waals surface area contributed by atoms with Crippen molar-refractivity contribution in [2.24, 2.45) is 0 Å². The van der Waals surface area contributed by atoms with Crippen molar-refractivity contribution < 1.29 is 4.74 Å². The molecule has 2 N–H and O–H groups in total. The first-order valence-corrected chi connectivity index (χ1v) is 7.13. The molecule has 0 radical (unpaired) electrons. The summed E-state index contributed by atoms with van der Waals surface area (Å²) in [4.78, 5) is 5.16. The number of nitrogens with zero attached hydrogens (tertiary/aromatic N) is 1. The number of pyridine rings is 1. The van der Waals surface area contributed by atoms with Gasteiger partial charge in [0.15, 0.2) is 0 Å². The van der Waals surface area contributed by atoms with Crippen LogP contribution >= 0.6 is 27.7 Å². The number of nitrogens with two attached hydrogens (primary N) is 1. The van der Waals surface area contributed by atoms with Gasteiger partial charge in [-0.1, -0.05) is 15.9 Å². The average Bonchev–Trinajstić information content (AvgIpc) is 2.40. The first-order valence-electron chi connectivity index (χ1n) is 5.36. The number of rotatable bonds is 4. The van der Waals surface area contributed by atoms with E-state index < -0.39 is 0 Å². The highest BCUT2D eigenvalue weighted by molar-refractivity contribution is 9.10. The Morgan fingerprint density at radius 3 is 2.83 bits per heavy atom. The number of halogens is 1. The lowest BCUT2D eigenvalue weighted by Crippen LogP contribution is -1.89. The normalized spacial score (nSPS) is 10.3. The number of hydrogen-bond donors (Lipinski definition) is 1. The van der Waals surface area contributed by atoms with Gasteiger partial charge in [-0.15, -0.1) is 11.8 Å². The largest absolute Gasteiger partial charge is 0.497 e. The van der Waals surface area contributed by atoms with Crippen molar-refractivity contribution >= 4 is 33.5 Å². The van der Waals surface area contributed by atoms with Gasteiger partial charge in [-0.25, -0.2) is 4.98 Å². The minimum Gasteiger partial charge on any atom is -0.497 e. The van der Waals surface area contributed by atoms with Crippen molar-refractivity contribution in [1.82, 2.24) is 4.98 Å². The summed E-state index contributed by atoms with van der Waals surface area (Å²) in [7, 11) is 1.67. The van der Waals surface area contributed by atoms with Gasteiger partial charge in [0.05, 0.1) is 7.11 Å². The lowest BCUT2D eigenvalue weighted by atomic mass is 10.2. The molecular formula is C13H13BrN2OS. The molecule has 3 nitrogen and oxygen atoms in total. The summed E-state index contributed by atoms with van der Waals surface area (Å²) in [6, 6.07) is 9.74. The minimum atomic E-state index is 0.543. The molecule has 94 valence electrons. The molecule has 0 atom stereocenters. The smallest absolute Gasteiger partial charge is 0.123 e. The maximum Gasteiger partial charge on any atom is 0.123 e. The van der Waals surface area contributed by atoms with Crippen LogP contribution in [0.25, 0.3) is 0 Å². The van der Waals surface area contributed by atoms with Gasteiger partial charge in [0.2, 0.25) is 0 Å². The van der Waals surface area contributed by atoms with E-state index in [1.165, 1.54) is 5.56 Å². The van der Waals surface area contributed by atoms with Gasteiger partial charge in [-0.05, 0) is 35.9 Å². The molecule has 0 saturated heterocycles. The van der Waals surface area contributed by atoms with E-state index in [2.05, 4.69) is 20.9 Å². The monoisotopic (exact) mass is 324 g/mol. The third-order valence-electron chi connectivity index (χ3n) is 2.41. The Morgan fingerprint density at radius 2 is 2.17 bits per heavy atom. The second-order valence-corrected chi connectivity index (χ2v) is 5.57. The Morgan fingerprint density at radius 1 is 1.33 bits per heavy atom. The van der Waals surface area contributed by atoms with Crippen molar-refractivity contribution in [3.63, 3.8) is 0 Å². The number of anilines is 1. The number of aromatic nitrogens is 1. The molecule has 18 heavy (non-hydrogen) atoms. The minimum absolute atomic E-state index is 0.543. The van der Waals surface area contributed by atoms with Crippen LogP contribution in [0.5, 0.6) is 5.75 Å². The maximum absolute atomic E-state index is 5.55. The quantitative estimate of drug-likeness (QED) is 0.870.